The molecule has 1 fully saturated rings. The van der Waals surface area contributed by atoms with Gasteiger partial charge in [0.15, 0.2) is 0 Å². The second-order valence-electron chi connectivity index (χ2n) is 3.86. The zero-order valence-corrected chi connectivity index (χ0v) is 8.93. The van der Waals surface area contributed by atoms with Crippen LogP contribution in [0.1, 0.15) is 11.6 Å². The third-order valence-electron chi connectivity index (χ3n) is 2.82. The summed E-state index contributed by atoms with van der Waals surface area (Å²) in [6.07, 6.45) is 3.70. The van der Waals surface area contributed by atoms with Gasteiger partial charge in [-0.2, -0.15) is 0 Å². The lowest BCUT2D eigenvalue weighted by Gasteiger charge is -2.13. The fraction of sp³-hybridized carbons (Fsp3) is 0.600. The van der Waals surface area contributed by atoms with E-state index in [0.29, 0.717) is 6.54 Å². The van der Waals surface area contributed by atoms with E-state index in [2.05, 4.69) is 10.3 Å². The van der Waals surface area contributed by atoms with Gasteiger partial charge in [-0.15, -0.1) is 0 Å². The maximum Gasteiger partial charge on any atom is 0.310 e. The highest BCUT2D eigenvalue weighted by atomic mass is 16.5. The van der Waals surface area contributed by atoms with Crippen LogP contribution in [0.4, 0.5) is 0 Å². The van der Waals surface area contributed by atoms with Gasteiger partial charge in [0.2, 0.25) is 0 Å². The summed E-state index contributed by atoms with van der Waals surface area (Å²) in [5, 5.41) is 3.20. The van der Waals surface area contributed by atoms with E-state index in [1.165, 1.54) is 7.11 Å². The summed E-state index contributed by atoms with van der Waals surface area (Å²) < 4.78 is 6.67. The topological polar surface area (TPSA) is 56.1 Å². The van der Waals surface area contributed by atoms with Crippen LogP contribution in [0, 0.1) is 5.92 Å². The summed E-state index contributed by atoms with van der Waals surface area (Å²) in [5.41, 5.74) is 0.956. The molecular formula is C10H15N3O2. The normalized spacial score (nSPS) is 25.5. The lowest BCUT2D eigenvalue weighted by atomic mass is 9.93. The number of imidazole rings is 1. The maximum absolute atomic E-state index is 11.5. The number of methoxy groups -OCH3 is 1. The summed E-state index contributed by atoms with van der Waals surface area (Å²) in [6.45, 7) is 1.46. The monoisotopic (exact) mass is 209 g/mol. The molecule has 5 nitrogen and oxygen atoms in total. The molecule has 0 radical (unpaired) electrons. The molecule has 1 saturated heterocycles. The molecule has 2 rings (SSSR count). The Kier molecular flexibility index (Phi) is 2.73. The van der Waals surface area contributed by atoms with Crippen molar-refractivity contribution >= 4 is 5.97 Å². The van der Waals surface area contributed by atoms with E-state index >= 15 is 0 Å². The average Bonchev–Trinajstić information content (AvgIpc) is 2.84. The molecule has 1 aromatic heterocycles. The van der Waals surface area contributed by atoms with Crippen molar-refractivity contribution in [2.75, 3.05) is 20.2 Å². The Hall–Kier alpha value is -1.36. The number of carbonyl (C=O) groups excluding carboxylic acids is 1. The molecule has 0 aromatic carbocycles. The number of hydrogen-bond donors (Lipinski definition) is 1. The maximum atomic E-state index is 11.5. The van der Waals surface area contributed by atoms with Crippen molar-refractivity contribution in [3.05, 3.63) is 18.2 Å². The Bertz CT molecular complexity index is 361. The third kappa shape index (κ3) is 1.87. The van der Waals surface area contributed by atoms with Crippen LogP contribution in [0.2, 0.25) is 0 Å². The van der Waals surface area contributed by atoms with Crippen molar-refractivity contribution in [1.82, 2.24) is 14.9 Å². The lowest BCUT2D eigenvalue weighted by molar-refractivity contribution is -0.145. The number of ether oxygens (including phenoxy) is 1. The van der Waals surface area contributed by atoms with Crippen LogP contribution in [0.5, 0.6) is 0 Å². The summed E-state index contributed by atoms with van der Waals surface area (Å²) in [7, 11) is 3.35. The number of nitrogens with one attached hydrogen (secondary N) is 1. The molecule has 1 N–H and O–H groups in total. The minimum atomic E-state index is -0.157. The van der Waals surface area contributed by atoms with Gasteiger partial charge in [0.05, 0.1) is 25.0 Å². The van der Waals surface area contributed by atoms with Crippen molar-refractivity contribution in [3.63, 3.8) is 0 Å². The molecule has 82 valence electrons. The number of carbonyl (C=O) groups is 1. The summed E-state index contributed by atoms with van der Waals surface area (Å²) in [4.78, 5) is 15.8. The highest BCUT2D eigenvalue weighted by Crippen LogP contribution is 2.27. The molecule has 1 aromatic rings. The molecule has 0 saturated carbocycles. The van der Waals surface area contributed by atoms with Gasteiger partial charge in [0, 0.05) is 32.3 Å². The van der Waals surface area contributed by atoms with Gasteiger partial charge in [0.25, 0.3) is 0 Å². The van der Waals surface area contributed by atoms with Crippen molar-refractivity contribution in [2.24, 2.45) is 13.0 Å². The average molecular weight is 209 g/mol. The molecule has 15 heavy (non-hydrogen) atoms. The zero-order valence-electron chi connectivity index (χ0n) is 8.93. The smallest absolute Gasteiger partial charge is 0.310 e. The Morgan fingerprint density at radius 1 is 1.67 bits per heavy atom. The van der Waals surface area contributed by atoms with Crippen molar-refractivity contribution in [2.45, 2.75) is 5.92 Å². The number of esters is 1. The predicted molar refractivity (Wildman–Crippen MR) is 54.3 cm³/mol. The Balaban J connectivity index is 2.18. The first-order chi connectivity index (χ1) is 7.22. The molecule has 0 spiro atoms. The first-order valence-electron chi connectivity index (χ1n) is 4.98. The fourth-order valence-electron chi connectivity index (χ4n) is 2.01. The first-order valence-corrected chi connectivity index (χ1v) is 4.98. The van der Waals surface area contributed by atoms with Crippen LogP contribution in [-0.4, -0.2) is 35.7 Å². The van der Waals surface area contributed by atoms with Gasteiger partial charge in [-0.05, 0) is 0 Å². The molecule has 2 unspecified atom stereocenters. The molecular weight excluding hydrogens is 194 g/mol. The number of aromatic nitrogens is 2. The van der Waals surface area contributed by atoms with Gasteiger partial charge in [-0.3, -0.25) is 4.79 Å². The second-order valence-corrected chi connectivity index (χ2v) is 3.86. The molecule has 1 aliphatic rings. The summed E-state index contributed by atoms with van der Waals surface area (Å²) >= 11 is 0. The number of rotatable bonds is 2. The predicted octanol–water partition coefficient (Wildman–Crippen LogP) is -0.104. The number of hydrogen-bond acceptors (Lipinski definition) is 4. The minimum Gasteiger partial charge on any atom is -0.469 e. The van der Waals surface area contributed by atoms with E-state index in [1.54, 1.807) is 6.33 Å². The molecule has 0 aliphatic carbocycles. The molecule has 2 heterocycles. The molecule has 1 aliphatic heterocycles. The van der Waals surface area contributed by atoms with E-state index in [4.69, 9.17) is 4.74 Å². The highest BCUT2D eigenvalue weighted by Gasteiger charge is 2.35. The fourth-order valence-corrected chi connectivity index (χ4v) is 2.01. The van der Waals surface area contributed by atoms with Gasteiger partial charge in [0.1, 0.15) is 0 Å². The van der Waals surface area contributed by atoms with E-state index in [9.17, 15) is 4.79 Å². The molecule has 0 amide bonds. The Morgan fingerprint density at radius 3 is 3.07 bits per heavy atom. The molecule has 0 bridgehead atoms. The van der Waals surface area contributed by atoms with Crippen molar-refractivity contribution < 1.29 is 9.53 Å². The largest absolute Gasteiger partial charge is 0.469 e. The summed E-state index contributed by atoms with van der Waals surface area (Å²) in [6, 6.07) is 0. The first kappa shape index (κ1) is 10.2. The van der Waals surface area contributed by atoms with Gasteiger partial charge in [-0.25, -0.2) is 4.98 Å². The lowest BCUT2D eigenvalue weighted by Crippen LogP contribution is -2.23. The van der Waals surface area contributed by atoms with Crippen LogP contribution in [0.3, 0.4) is 0 Å². The van der Waals surface area contributed by atoms with Gasteiger partial charge in [-0.1, -0.05) is 0 Å². The highest BCUT2D eigenvalue weighted by molar-refractivity contribution is 5.74. The standard InChI is InChI=1S/C10H15N3O2/c1-13-5-9(12-6-13)7-3-11-4-8(7)10(14)15-2/h5-8,11H,3-4H2,1-2H3. The quantitative estimate of drug-likeness (QED) is 0.691. The van der Waals surface area contributed by atoms with E-state index < -0.39 is 0 Å². The van der Waals surface area contributed by atoms with Crippen LogP contribution >= 0.6 is 0 Å². The number of nitrogens with zero attached hydrogens (tertiary/aromatic N) is 2. The van der Waals surface area contributed by atoms with Crippen LogP contribution in [-0.2, 0) is 16.6 Å². The SMILES string of the molecule is COC(=O)C1CNCC1c1cn(C)cn1. The van der Waals surface area contributed by atoms with Gasteiger partial charge < -0.3 is 14.6 Å². The summed E-state index contributed by atoms with van der Waals surface area (Å²) in [5.74, 6) is -0.126. The van der Waals surface area contributed by atoms with Crippen molar-refractivity contribution in [1.29, 1.82) is 0 Å². The minimum absolute atomic E-state index is 0.107. The van der Waals surface area contributed by atoms with Crippen molar-refractivity contribution in [3.8, 4) is 0 Å². The van der Waals surface area contributed by atoms with E-state index in [-0.39, 0.29) is 17.8 Å². The number of aryl methyl sites for hydroxylation is 1. The van der Waals surface area contributed by atoms with Crippen LogP contribution in [0.15, 0.2) is 12.5 Å². The van der Waals surface area contributed by atoms with Crippen LogP contribution in [0.25, 0.3) is 0 Å². The van der Waals surface area contributed by atoms with E-state index in [0.717, 1.165) is 12.2 Å². The zero-order chi connectivity index (χ0) is 10.8. The molecule has 2 atom stereocenters. The second kappa shape index (κ2) is 4.02. The third-order valence-corrected chi connectivity index (χ3v) is 2.82. The Labute approximate surface area is 88.4 Å². The molecule has 5 heteroatoms. The Morgan fingerprint density at radius 2 is 2.47 bits per heavy atom. The van der Waals surface area contributed by atoms with Crippen LogP contribution < -0.4 is 5.32 Å². The van der Waals surface area contributed by atoms with E-state index in [1.807, 2.05) is 17.8 Å². The van der Waals surface area contributed by atoms with Gasteiger partial charge >= 0.3 is 5.97 Å².